The summed E-state index contributed by atoms with van der Waals surface area (Å²) in [6.45, 7) is 6.55. The number of piperidine rings is 1. The minimum Gasteiger partial charge on any atom is -0.311 e. The molecular weight excluding hydrogens is 208 g/mol. The summed E-state index contributed by atoms with van der Waals surface area (Å²) in [5, 5.41) is 4.05. The fourth-order valence-electron chi connectivity index (χ4n) is 4.19. The number of nitrogens with one attached hydrogen (secondary N) is 1. The topological polar surface area (TPSA) is 15.3 Å². The van der Waals surface area contributed by atoms with Gasteiger partial charge in [-0.05, 0) is 50.6 Å². The average molecular weight is 236 g/mol. The van der Waals surface area contributed by atoms with Crippen LogP contribution in [0.3, 0.4) is 0 Å². The van der Waals surface area contributed by atoms with Gasteiger partial charge in [0.1, 0.15) is 0 Å². The summed E-state index contributed by atoms with van der Waals surface area (Å²) in [5.41, 5.74) is 0. The van der Waals surface area contributed by atoms with Gasteiger partial charge < -0.3 is 10.2 Å². The molecule has 5 unspecified atom stereocenters. The van der Waals surface area contributed by atoms with Crippen molar-refractivity contribution in [3.05, 3.63) is 0 Å². The van der Waals surface area contributed by atoms with Crippen LogP contribution in [0.25, 0.3) is 0 Å². The zero-order valence-electron chi connectivity index (χ0n) is 11.3. The molecule has 3 rings (SSSR count). The maximum atomic E-state index is 4.05. The number of hydrogen-bond acceptors (Lipinski definition) is 2. The summed E-state index contributed by atoms with van der Waals surface area (Å²) >= 11 is 0. The van der Waals surface area contributed by atoms with E-state index in [1.807, 2.05) is 0 Å². The van der Waals surface area contributed by atoms with Gasteiger partial charge in [-0.1, -0.05) is 26.2 Å². The summed E-state index contributed by atoms with van der Waals surface area (Å²) in [4.78, 5) is 2.65. The molecule has 1 aliphatic carbocycles. The molecule has 17 heavy (non-hydrogen) atoms. The molecule has 3 aliphatic rings. The van der Waals surface area contributed by atoms with Gasteiger partial charge in [-0.3, -0.25) is 0 Å². The Kier molecular flexibility index (Phi) is 3.72. The van der Waals surface area contributed by atoms with Crippen LogP contribution in [0.15, 0.2) is 0 Å². The molecule has 2 heterocycles. The van der Waals surface area contributed by atoms with Gasteiger partial charge in [-0.25, -0.2) is 0 Å². The lowest BCUT2D eigenvalue weighted by Gasteiger charge is -2.35. The van der Waals surface area contributed by atoms with E-state index in [9.17, 15) is 0 Å². The van der Waals surface area contributed by atoms with Gasteiger partial charge in [0, 0.05) is 18.6 Å². The first kappa shape index (κ1) is 12.0. The molecule has 5 atom stereocenters. The van der Waals surface area contributed by atoms with Gasteiger partial charge >= 0.3 is 0 Å². The molecule has 0 aromatic heterocycles. The van der Waals surface area contributed by atoms with Gasteiger partial charge in [0.2, 0.25) is 0 Å². The van der Waals surface area contributed by atoms with E-state index in [1.54, 1.807) is 0 Å². The normalized spacial score (nSPS) is 46.8. The number of hydrogen-bond donors (Lipinski definition) is 1. The van der Waals surface area contributed by atoms with Crippen LogP contribution >= 0.6 is 0 Å². The highest BCUT2D eigenvalue weighted by Gasteiger charge is 2.35. The van der Waals surface area contributed by atoms with Crippen LogP contribution in [0.5, 0.6) is 0 Å². The fraction of sp³-hybridized carbons (Fsp3) is 1.00. The van der Waals surface area contributed by atoms with E-state index in [2.05, 4.69) is 17.1 Å². The Morgan fingerprint density at radius 2 is 1.71 bits per heavy atom. The summed E-state index contributed by atoms with van der Waals surface area (Å²) in [6, 6.07) is 1.65. The average Bonchev–Trinajstić information content (AvgIpc) is 2.61. The maximum Gasteiger partial charge on any atom is 0.0123 e. The van der Waals surface area contributed by atoms with E-state index in [0.29, 0.717) is 0 Å². The molecule has 2 saturated heterocycles. The molecular formula is C15H28N2. The Balaban J connectivity index is 1.57. The third kappa shape index (κ3) is 2.68. The Morgan fingerprint density at radius 3 is 2.65 bits per heavy atom. The molecule has 1 saturated carbocycles. The third-order valence-corrected chi connectivity index (χ3v) is 5.42. The molecule has 2 bridgehead atoms. The van der Waals surface area contributed by atoms with Crippen molar-refractivity contribution >= 4 is 0 Å². The Morgan fingerprint density at radius 1 is 0.882 bits per heavy atom. The van der Waals surface area contributed by atoms with E-state index < -0.39 is 0 Å². The first-order chi connectivity index (χ1) is 8.33. The summed E-state index contributed by atoms with van der Waals surface area (Å²) in [5.74, 6) is 1.86. The van der Waals surface area contributed by atoms with Gasteiger partial charge in [0.25, 0.3) is 0 Å². The second-order valence-corrected chi connectivity index (χ2v) is 6.63. The van der Waals surface area contributed by atoms with Crippen molar-refractivity contribution in [1.82, 2.24) is 10.2 Å². The SMILES string of the molecule is CC1CCCCCC1NC1CCN2CCC1C2. The molecule has 0 radical (unpaired) electrons. The van der Waals surface area contributed by atoms with Crippen molar-refractivity contribution in [2.45, 2.75) is 64.0 Å². The van der Waals surface area contributed by atoms with Crippen LogP contribution in [0.4, 0.5) is 0 Å². The lowest BCUT2D eigenvalue weighted by Crippen LogP contribution is -2.49. The lowest BCUT2D eigenvalue weighted by atomic mass is 9.90. The molecule has 2 heteroatoms. The first-order valence-corrected chi connectivity index (χ1v) is 7.81. The minimum absolute atomic E-state index is 0.814. The van der Waals surface area contributed by atoms with Crippen molar-refractivity contribution < 1.29 is 0 Å². The minimum atomic E-state index is 0.814. The third-order valence-electron chi connectivity index (χ3n) is 5.42. The van der Waals surface area contributed by atoms with Crippen molar-refractivity contribution in [3.8, 4) is 0 Å². The molecule has 3 fully saturated rings. The van der Waals surface area contributed by atoms with E-state index in [4.69, 9.17) is 0 Å². The Labute approximate surface area is 106 Å². The predicted molar refractivity (Wildman–Crippen MR) is 72.1 cm³/mol. The van der Waals surface area contributed by atoms with Crippen molar-refractivity contribution in [1.29, 1.82) is 0 Å². The van der Waals surface area contributed by atoms with Gasteiger partial charge in [0.15, 0.2) is 0 Å². The summed E-state index contributed by atoms with van der Waals surface area (Å²) in [7, 11) is 0. The standard InChI is InChI=1S/C15H28N2/c1-12-5-3-2-4-6-14(12)16-15-8-10-17-9-7-13(15)11-17/h12-16H,2-11H2,1H3. The predicted octanol–water partition coefficient (Wildman–Crippen LogP) is 2.64. The highest BCUT2D eigenvalue weighted by Crippen LogP contribution is 2.30. The number of nitrogens with zero attached hydrogens (tertiary/aromatic N) is 1. The van der Waals surface area contributed by atoms with E-state index >= 15 is 0 Å². The molecule has 2 aliphatic heterocycles. The van der Waals surface area contributed by atoms with Gasteiger partial charge in [-0.15, -0.1) is 0 Å². The zero-order chi connectivity index (χ0) is 11.7. The zero-order valence-corrected chi connectivity index (χ0v) is 11.3. The second kappa shape index (κ2) is 5.27. The van der Waals surface area contributed by atoms with Gasteiger partial charge in [-0.2, -0.15) is 0 Å². The number of fused-ring (bicyclic) bond motifs is 2. The van der Waals surface area contributed by atoms with Crippen LogP contribution < -0.4 is 5.32 Å². The highest BCUT2D eigenvalue weighted by molar-refractivity contribution is 4.93. The van der Waals surface area contributed by atoms with Gasteiger partial charge in [0.05, 0.1) is 0 Å². The maximum absolute atomic E-state index is 4.05. The lowest BCUT2D eigenvalue weighted by molar-refractivity contribution is 0.193. The van der Waals surface area contributed by atoms with Crippen LogP contribution in [0, 0.1) is 11.8 Å². The number of rotatable bonds is 2. The van der Waals surface area contributed by atoms with E-state index in [-0.39, 0.29) is 0 Å². The van der Waals surface area contributed by atoms with E-state index in [1.165, 1.54) is 64.6 Å². The van der Waals surface area contributed by atoms with Crippen molar-refractivity contribution in [3.63, 3.8) is 0 Å². The van der Waals surface area contributed by atoms with Crippen LogP contribution in [-0.4, -0.2) is 36.6 Å². The van der Waals surface area contributed by atoms with E-state index in [0.717, 1.165) is 23.9 Å². The molecule has 0 aromatic rings. The van der Waals surface area contributed by atoms with Crippen LogP contribution in [-0.2, 0) is 0 Å². The monoisotopic (exact) mass is 236 g/mol. The Hall–Kier alpha value is -0.0800. The Bertz CT molecular complexity index is 251. The molecule has 2 nitrogen and oxygen atoms in total. The molecule has 98 valence electrons. The second-order valence-electron chi connectivity index (χ2n) is 6.63. The summed E-state index contributed by atoms with van der Waals surface area (Å²) in [6.07, 6.45) is 10.1. The van der Waals surface area contributed by atoms with Crippen LogP contribution in [0.2, 0.25) is 0 Å². The largest absolute Gasteiger partial charge is 0.311 e. The molecule has 0 spiro atoms. The van der Waals surface area contributed by atoms with Crippen LogP contribution in [0.1, 0.15) is 51.9 Å². The highest BCUT2D eigenvalue weighted by atomic mass is 15.2. The molecule has 1 N–H and O–H groups in total. The quantitative estimate of drug-likeness (QED) is 0.742. The molecule has 0 aromatic carbocycles. The first-order valence-electron chi connectivity index (χ1n) is 7.81. The van der Waals surface area contributed by atoms with Crippen molar-refractivity contribution in [2.75, 3.05) is 19.6 Å². The molecule has 0 amide bonds. The van der Waals surface area contributed by atoms with Crippen molar-refractivity contribution in [2.24, 2.45) is 11.8 Å². The smallest absolute Gasteiger partial charge is 0.0123 e. The fourth-order valence-corrected chi connectivity index (χ4v) is 4.19. The summed E-state index contributed by atoms with van der Waals surface area (Å²) < 4.78 is 0.